The fourth-order valence-electron chi connectivity index (χ4n) is 4.93. The summed E-state index contributed by atoms with van der Waals surface area (Å²) in [5.74, 6) is -1.90. The predicted molar refractivity (Wildman–Crippen MR) is 166 cm³/mol. The number of likely N-dealkylation sites (tertiary alicyclic amines) is 1. The Bertz CT molecular complexity index is 776. The molecule has 1 amide bonds. The molecule has 0 bridgehead atoms. The standard InChI is InChI=1S/C24H42N6O7.2C2H6.CH4O/c1-20(32)24(25-2)3-5-30(6-4-24)21(33)17-27-11-13-28(18-22(34)35)9-7-26(15-16-31)8-10-29(14-12-27)19-23(36)37;3*1-2/h16,25H,3-15,17-19H2,1-2H3,(H,34,35)(H,36,37);2*1-2H3;2H,1H3. The van der Waals surface area contributed by atoms with E-state index in [9.17, 15) is 34.2 Å². The Labute approximate surface area is 258 Å². The van der Waals surface area contributed by atoms with Crippen LogP contribution in [0.15, 0.2) is 0 Å². The second-order valence-electron chi connectivity index (χ2n) is 9.85. The third kappa shape index (κ3) is 16.8. The van der Waals surface area contributed by atoms with E-state index in [0.717, 1.165) is 13.4 Å². The van der Waals surface area contributed by atoms with E-state index in [0.29, 0.717) is 78.3 Å². The summed E-state index contributed by atoms with van der Waals surface area (Å²) < 4.78 is 0. The lowest BCUT2D eigenvalue weighted by molar-refractivity contribution is -0.139. The predicted octanol–water partition coefficient (Wildman–Crippen LogP) is -0.593. The second-order valence-corrected chi connectivity index (χ2v) is 9.85. The van der Waals surface area contributed by atoms with Gasteiger partial charge in [0.15, 0.2) is 0 Å². The highest BCUT2D eigenvalue weighted by Crippen LogP contribution is 2.23. The molecule has 43 heavy (non-hydrogen) atoms. The molecule has 0 radical (unpaired) electrons. The van der Waals surface area contributed by atoms with Gasteiger partial charge in [0.2, 0.25) is 5.91 Å². The molecule has 0 aromatic carbocycles. The minimum absolute atomic E-state index is 0.0629. The number of hydrogen-bond acceptors (Lipinski definition) is 11. The number of carboxylic acid groups (broad SMARTS) is 2. The van der Waals surface area contributed by atoms with Crippen molar-refractivity contribution in [3.05, 3.63) is 0 Å². The van der Waals surface area contributed by atoms with E-state index in [1.165, 1.54) is 0 Å². The van der Waals surface area contributed by atoms with E-state index in [4.69, 9.17) is 5.11 Å². The van der Waals surface area contributed by atoms with Crippen LogP contribution in [0.2, 0.25) is 0 Å². The Hall–Kier alpha value is -2.49. The molecule has 0 saturated carbocycles. The van der Waals surface area contributed by atoms with Crippen molar-refractivity contribution in [2.75, 3.05) is 106 Å². The highest BCUT2D eigenvalue weighted by molar-refractivity contribution is 5.87. The Balaban J connectivity index is 0. The maximum atomic E-state index is 13.2. The van der Waals surface area contributed by atoms with Crippen molar-refractivity contribution in [3.8, 4) is 0 Å². The van der Waals surface area contributed by atoms with E-state index >= 15 is 0 Å². The van der Waals surface area contributed by atoms with Crippen molar-refractivity contribution in [3.63, 3.8) is 0 Å². The van der Waals surface area contributed by atoms with Crippen LogP contribution in [-0.2, 0) is 24.0 Å². The average Bonchev–Trinajstić information content (AvgIpc) is 3.00. The molecule has 0 aromatic heterocycles. The first-order chi connectivity index (χ1) is 20.6. The first kappa shape index (κ1) is 42.6. The summed E-state index contributed by atoms with van der Waals surface area (Å²) in [5.41, 5.74) is -0.601. The molecule has 2 saturated heterocycles. The van der Waals surface area contributed by atoms with E-state index in [1.54, 1.807) is 28.7 Å². The smallest absolute Gasteiger partial charge is 0.317 e. The number of ketones is 1. The van der Waals surface area contributed by atoms with Crippen LogP contribution in [0, 0.1) is 0 Å². The highest BCUT2D eigenvalue weighted by atomic mass is 16.4. The number of piperidine rings is 1. The highest BCUT2D eigenvalue weighted by Gasteiger charge is 2.38. The molecule has 0 unspecified atom stereocenters. The second kappa shape index (κ2) is 24.9. The number of carboxylic acids is 2. The molecule has 14 heteroatoms. The molecule has 2 aliphatic heterocycles. The Morgan fingerprint density at radius 2 is 1.02 bits per heavy atom. The van der Waals surface area contributed by atoms with Crippen molar-refractivity contribution in [1.82, 2.24) is 29.8 Å². The Morgan fingerprint density at radius 3 is 1.33 bits per heavy atom. The van der Waals surface area contributed by atoms with Crippen molar-refractivity contribution < 1.29 is 39.3 Å². The van der Waals surface area contributed by atoms with Crippen LogP contribution in [0.4, 0.5) is 0 Å². The van der Waals surface area contributed by atoms with Crippen LogP contribution in [0.5, 0.6) is 0 Å². The van der Waals surface area contributed by atoms with E-state index in [1.807, 2.05) is 37.5 Å². The molecule has 2 aliphatic rings. The van der Waals surface area contributed by atoms with Gasteiger partial charge in [-0.15, -0.1) is 0 Å². The third-order valence-corrected chi connectivity index (χ3v) is 7.46. The number of carbonyl (C=O) groups excluding carboxylic acids is 3. The van der Waals surface area contributed by atoms with Crippen LogP contribution in [0.1, 0.15) is 47.5 Å². The quantitative estimate of drug-likeness (QED) is 0.229. The van der Waals surface area contributed by atoms with Crippen molar-refractivity contribution >= 4 is 29.9 Å². The maximum Gasteiger partial charge on any atom is 0.317 e. The van der Waals surface area contributed by atoms with Gasteiger partial charge < -0.3 is 30.3 Å². The SMILES string of the molecule is CC.CC.CNC1(C(C)=O)CCN(C(=O)CN2CCN(CC(=O)O)CCN(CC=O)CCN(CC(=O)O)CC2)CC1.CO. The minimum Gasteiger partial charge on any atom is -0.480 e. The van der Waals surface area contributed by atoms with Gasteiger partial charge in [-0.05, 0) is 26.8 Å². The summed E-state index contributed by atoms with van der Waals surface area (Å²) in [5, 5.41) is 28.8. The molecule has 0 aromatic rings. The summed E-state index contributed by atoms with van der Waals surface area (Å²) in [6, 6.07) is 0. The van der Waals surface area contributed by atoms with Gasteiger partial charge >= 0.3 is 11.9 Å². The molecule has 2 fully saturated rings. The molecule has 0 spiro atoms. The summed E-state index contributed by atoms with van der Waals surface area (Å²) in [7, 11) is 2.76. The number of nitrogens with one attached hydrogen (secondary N) is 1. The number of aliphatic hydroxyl groups excluding tert-OH is 1. The summed E-state index contributed by atoms with van der Waals surface area (Å²) in [6.45, 7) is 14.1. The Kier molecular flexibility index (Phi) is 24.7. The van der Waals surface area contributed by atoms with Gasteiger partial charge in [0, 0.05) is 72.6 Å². The van der Waals surface area contributed by atoms with Crippen LogP contribution < -0.4 is 5.32 Å². The van der Waals surface area contributed by atoms with Crippen LogP contribution >= 0.6 is 0 Å². The average molecular weight is 619 g/mol. The van der Waals surface area contributed by atoms with Gasteiger partial charge in [0.1, 0.15) is 12.1 Å². The van der Waals surface area contributed by atoms with Crippen molar-refractivity contribution in [2.24, 2.45) is 0 Å². The van der Waals surface area contributed by atoms with Crippen LogP contribution in [0.3, 0.4) is 0 Å². The first-order valence-corrected chi connectivity index (χ1v) is 15.3. The van der Waals surface area contributed by atoms with E-state index in [-0.39, 0.29) is 37.9 Å². The number of amides is 1. The van der Waals surface area contributed by atoms with Crippen LogP contribution in [-0.4, -0.2) is 181 Å². The molecule has 2 heterocycles. The lowest BCUT2D eigenvalue weighted by Crippen LogP contribution is -2.58. The summed E-state index contributed by atoms with van der Waals surface area (Å²) in [6.07, 6.45) is 1.88. The topological polar surface area (TPSA) is 174 Å². The number of nitrogens with zero attached hydrogens (tertiary/aromatic N) is 5. The normalized spacial score (nSPS) is 18.9. The molecule has 2 rings (SSSR count). The maximum absolute atomic E-state index is 13.2. The number of aliphatic carboxylic acids is 2. The molecule has 4 N–H and O–H groups in total. The first-order valence-electron chi connectivity index (χ1n) is 15.3. The molecule has 252 valence electrons. The monoisotopic (exact) mass is 618 g/mol. The fourth-order valence-corrected chi connectivity index (χ4v) is 4.93. The number of aldehydes is 1. The van der Waals surface area contributed by atoms with Crippen molar-refractivity contribution in [2.45, 2.75) is 53.0 Å². The van der Waals surface area contributed by atoms with Gasteiger partial charge in [-0.1, -0.05) is 27.7 Å². The number of likely N-dealkylation sites (N-methyl/N-ethyl adjacent to an activating group) is 1. The zero-order valence-electron chi connectivity index (χ0n) is 27.5. The molecule has 14 nitrogen and oxygen atoms in total. The number of rotatable bonds is 10. The molecular weight excluding hydrogens is 560 g/mol. The third-order valence-electron chi connectivity index (χ3n) is 7.46. The van der Waals surface area contributed by atoms with E-state index < -0.39 is 17.5 Å². The molecular formula is C29H58N6O8. The lowest BCUT2D eigenvalue weighted by Gasteiger charge is -2.40. The summed E-state index contributed by atoms with van der Waals surface area (Å²) in [4.78, 5) is 68.4. The zero-order valence-corrected chi connectivity index (χ0v) is 27.5. The number of Topliss-reactive ketones (excluding diaryl/α,β-unsaturated/α-hetero) is 1. The van der Waals surface area contributed by atoms with Crippen LogP contribution in [0.25, 0.3) is 0 Å². The minimum atomic E-state index is -0.948. The van der Waals surface area contributed by atoms with Crippen molar-refractivity contribution in [1.29, 1.82) is 0 Å². The zero-order chi connectivity index (χ0) is 33.4. The number of aliphatic hydroxyl groups is 1. The van der Waals surface area contributed by atoms with Gasteiger partial charge in [-0.2, -0.15) is 0 Å². The Morgan fingerprint density at radius 1 is 0.674 bits per heavy atom. The van der Waals surface area contributed by atoms with Gasteiger partial charge in [-0.3, -0.25) is 38.8 Å². The van der Waals surface area contributed by atoms with E-state index in [2.05, 4.69) is 5.32 Å². The molecule has 0 aliphatic carbocycles. The largest absolute Gasteiger partial charge is 0.480 e. The van der Waals surface area contributed by atoms with Gasteiger partial charge in [0.25, 0.3) is 0 Å². The van der Waals surface area contributed by atoms with Gasteiger partial charge in [-0.25, -0.2) is 0 Å². The van der Waals surface area contributed by atoms with Gasteiger partial charge in [0.05, 0.1) is 31.7 Å². The fraction of sp³-hybridized carbons (Fsp3) is 0.828. The lowest BCUT2D eigenvalue weighted by atomic mass is 9.84. The summed E-state index contributed by atoms with van der Waals surface area (Å²) >= 11 is 0. The number of hydrogen-bond donors (Lipinski definition) is 4. The number of carbonyl (C=O) groups is 5. The molecule has 0 atom stereocenters.